The number of carbonyl (C=O) groups excluding carboxylic acids is 1. The molecule has 1 atom stereocenters. The second-order valence-electron chi connectivity index (χ2n) is 7.29. The maximum Gasteiger partial charge on any atom is 0.474 e. The number of phosphoric acid groups is 1. The molecule has 7 nitrogen and oxygen atoms in total. The molecule has 1 aromatic carbocycles. The summed E-state index contributed by atoms with van der Waals surface area (Å²) < 4.78 is 40.3. The first kappa shape index (κ1) is 24.9. The second kappa shape index (κ2) is 10.6. The number of phosphoric ester groups is 1. The van der Waals surface area contributed by atoms with E-state index in [2.05, 4.69) is 5.32 Å². The van der Waals surface area contributed by atoms with Crippen molar-refractivity contribution in [1.29, 1.82) is 0 Å². The predicted octanol–water partition coefficient (Wildman–Crippen LogP) is 4.84. The molecule has 1 rings (SSSR count). The lowest BCUT2D eigenvalue weighted by atomic mass is 9.87. The van der Waals surface area contributed by atoms with E-state index >= 15 is 0 Å². The highest BCUT2D eigenvalue weighted by Crippen LogP contribution is 2.49. The largest absolute Gasteiger partial charge is 0.474 e. The van der Waals surface area contributed by atoms with Crippen LogP contribution in [0.3, 0.4) is 0 Å². The van der Waals surface area contributed by atoms with Crippen molar-refractivity contribution in [2.24, 2.45) is 5.41 Å². The zero-order valence-corrected chi connectivity index (χ0v) is 18.8. The molecular weight excluding hydrogens is 410 g/mol. The molecule has 0 radical (unpaired) electrons. The Kier molecular flexibility index (Phi) is 9.37. The number of hydrogen-bond donors (Lipinski definition) is 1. The normalized spacial score (nSPS) is 13.3. The number of rotatable bonds is 10. The lowest BCUT2D eigenvalue weighted by Crippen LogP contribution is -2.44. The predicted molar refractivity (Wildman–Crippen MR) is 107 cm³/mol. The Balaban J connectivity index is 2.60. The molecule has 0 aromatic heterocycles. The van der Waals surface area contributed by atoms with Crippen molar-refractivity contribution in [1.82, 2.24) is 10.2 Å². The van der Waals surface area contributed by atoms with E-state index in [1.54, 1.807) is 18.0 Å². The fourth-order valence-electron chi connectivity index (χ4n) is 2.61. The number of nitrogens with one attached hydrogen (secondary N) is 1. The number of halogens is 2. The average molecular weight is 439 g/mol. The van der Waals surface area contributed by atoms with E-state index in [4.69, 9.17) is 25.2 Å². The third-order valence-electron chi connectivity index (χ3n) is 4.35. The van der Waals surface area contributed by atoms with Gasteiger partial charge in [0.15, 0.2) is 0 Å². The first-order valence-corrected chi connectivity index (χ1v) is 10.6. The van der Waals surface area contributed by atoms with Crippen molar-refractivity contribution in [2.75, 3.05) is 27.9 Å². The Bertz CT molecular complexity index is 711. The van der Waals surface area contributed by atoms with E-state index in [1.807, 2.05) is 20.8 Å². The summed E-state index contributed by atoms with van der Waals surface area (Å²) in [4.78, 5) is 14.0. The molecule has 0 heterocycles. The van der Waals surface area contributed by atoms with Gasteiger partial charge in [-0.15, -0.1) is 0 Å². The van der Waals surface area contributed by atoms with Gasteiger partial charge < -0.3 is 10.2 Å². The zero-order chi connectivity index (χ0) is 21.5. The van der Waals surface area contributed by atoms with Crippen molar-refractivity contribution in [3.05, 3.63) is 34.6 Å². The first-order chi connectivity index (χ1) is 12.9. The molecule has 0 aliphatic rings. The Morgan fingerprint density at radius 1 is 1.36 bits per heavy atom. The minimum absolute atomic E-state index is 0.00232. The fourth-order valence-corrected chi connectivity index (χ4v) is 3.67. The van der Waals surface area contributed by atoms with Gasteiger partial charge in [-0.3, -0.25) is 13.6 Å². The number of urea groups is 1. The SMILES string of the molecule is COP(=O)(OC)OCC(C)(C)C[C@H](C)N(C)C(=O)NCc1cccc(F)c1Cl. The molecule has 10 heteroatoms. The molecular formula is C18H29ClFN2O5P. The van der Waals surface area contributed by atoms with Gasteiger partial charge in [0.2, 0.25) is 0 Å². The quantitative estimate of drug-likeness (QED) is 0.529. The number of hydrogen-bond acceptors (Lipinski definition) is 5. The van der Waals surface area contributed by atoms with Crippen LogP contribution in [0.25, 0.3) is 0 Å². The first-order valence-electron chi connectivity index (χ1n) is 8.74. The lowest BCUT2D eigenvalue weighted by molar-refractivity contribution is 0.0861. The fraction of sp³-hybridized carbons (Fsp3) is 0.611. The third-order valence-corrected chi connectivity index (χ3v) is 6.11. The van der Waals surface area contributed by atoms with Crippen LogP contribution in [0.5, 0.6) is 0 Å². The van der Waals surface area contributed by atoms with Crippen LogP contribution < -0.4 is 5.32 Å². The van der Waals surface area contributed by atoms with Crippen LogP contribution >= 0.6 is 19.4 Å². The zero-order valence-electron chi connectivity index (χ0n) is 17.1. The van der Waals surface area contributed by atoms with E-state index in [0.29, 0.717) is 12.0 Å². The van der Waals surface area contributed by atoms with Crippen LogP contribution in [0.4, 0.5) is 9.18 Å². The van der Waals surface area contributed by atoms with Crippen LogP contribution in [0.15, 0.2) is 18.2 Å². The molecule has 1 aromatic rings. The van der Waals surface area contributed by atoms with Gasteiger partial charge in [0.25, 0.3) is 0 Å². The molecule has 0 fully saturated rings. The second-order valence-corrected chi connectivity index (χ2v) is 9.55. The molecule has 2 amide bonds. The van der Waals surface area contributed by atoms with Crippen LogP contribution in [0, 0.1) is 11.2 Å². The van der Waals surface area contributed by atoms with Gasteiger partial charge in [-0.25, -0.2) is 13.8 Å². The summed E-state index contributed by atoms with van der Waals surface area (Å²) in [5, 5.41) is 2.73. The summed E-state index contributed by atoms with van der Waals surface area (Å²) in [5.74, 6) is -0.527. The summed E-state index contributed by atoms with van der Waals surface area (Å²) >= 11 is 5.90. The van der Waals surface area contributed by atoms with Gasteiger partial charge in [-0.2, -0.15) is 0 Å². The number of carbonyl (C=O) groups is 1. The van der Waals surface area contributed by atoms with Crippen molar-refractivity contribution in [3.63, 3.8) is 0 Å². The summed E-state index contributed by atoms with van der Waals surface area (Å²) in [6.45, 7) is 5.99. The maximum absolute atomic E-state index is 13.5. The van der Waals surface area contributed by atoms with Gasteiger partial charge in [0.1, 0.15) is 5.82 Å². The molecule has 0 saturated carbocycles. The van der Waals surface area contributed by atoms with E-state index in [9.17, 15) is 13.8 Å². The number of amides is 2. The van der Waals surface area contributed by atoms with E-state index in [0.717, 1.165) is 0 Å². The monoisotopic (exact) mass is 438 g/mol. The van der Waals surface area contributed by atoms with Crippen LogP contribution in [-0.4, -0.2) is 44.8 Å². The molecule has 0 saturated heterocycles. The Labute approximate surface area is 171 Å². The van der Waals surface area contributed by atoms with Crippen molar-refractivity contribution < 1.29 is 27.3 Å². The standard InChI is InChI=1S/C18H29ClFN2O5P/c1-13(10-18(2,3)12-27-28(24,25-5)26-6)22(4)17(23)21-11-14-8-7-9-15(20)16(14)19/h7-9,13H,10-12H2,1-6H3,(H,21,23)/t13-/m0/s1. The molecule has 0 spiro atoms. The lowest BCUT2D eigenvalue weighted by Gasteiger charge is -2.33. The Hall–Kier alpha value is -1.18. The number of benzene rings is 1. The molecule has 0 aliphatic heterocycles. The third kappa shape index (κ3) is 7.33. The molecule has 160 valence electrons. The van der Waals surface area contributed by atoms with Gasteiger partial charge in [0, 0.05) is 33.9 Å². The van der Waals surface area contributed by atoms with E-state index < -0.39 is 19.1 Å². The van der Waals surface area contributed by atoms with E-state index in [1.165, 1.54) is 26.4 Å². The van der Waals surface area contributed by atoms with E-state index in [-0.39, 0.29) is 30.2 Å². The van der Waals surface area contributed by atoms with Crippen LogP contribution in [0.2, 0.25) is 5.02 Å². The highest BCUT2D eigenvalue weighted by Gasteiger charge is 2.31. The smallest absolute Gasteiger partial charge is 0.334 e. The maximum atomic E-state index is 13.5. The summed E-state index contributed by atoms with van der Waals surface area (Å²) in [5.41, 5.74) is 0.103. The summed E-state index contributed by atoms with van der Waals surface area (Å²) in [7, 11) is 0.618. The van der Waals surface area contributed by atoms with Gasteiger partial charge >= 0.3 is 13.9 Å². The Morgan fingerprint density at radius 3 is 2.54 bits per heavy atom. The summed E-state index contributed by atoms with van der Waals surface area (Å²) in [6.07, 6.45) is 0.574. The highest BCUT2D eigenvalue weighted by molar-refractivity contribution is 7.48. The highest BCUT2D eigenvalue weighted by atomic mass is 35.5. The van der Waals surface area contributed by atoms with Crippen molar-refractivity contribution in [3.8, 4) is 0 Å². The van der Waals surface area contributed by atoms with Crippen LogP contribution in [0.1, 0.15) is 32.8 Å². The van der Waals surface area contributed by atoms with Gasteiger partial charge in [0.05, 0.1) is 11.6 Å². The van der Waals surface area contributed by atoms with Gasteiger partial charge in [-0.05, 0) is 30.4 Å². The average Bonchev–Trinajstić information content (AvgIpc) is 2.66. The van der Waals surface area contributed by atoms with Gasteiger partial charge in [-0.1, -0.05) is 37.6 Å². The molecule has 0 bridgehead atoms. The molecule has 28 heavy (non-hydrogen) atoms. The van der Waals surface area contributed by atoms with Crippen LogP contribution in [-0.2, 0) is 24.7 Å². The molecule has 0 unspecified atom stereocenters. The Morgan fingerprint density at radius 2 is 1.96 bits per heavy atom. The molecule has 1 N–H and O–H groups in total. The molecule has 0 aliphatic carbocycles. The van der Waals surface area contributed by atoms with Crippen molar-refractivity contribution in [2.45, 2.75) is 39.8 Å². The minimum Gasteiger partial charge on any atom is -0.334 e. The number of nitrogens with zero attached hydrogens (tertiary/aromatic N) is 1. The van der Waals surface area contributed by atoms with Crippen molar-refractivity contribution >= 4 is 25.5 Å². The summed E-state index contributed by atoms with van der Waals surface area (Å²) in [6, 6.07) is 3.99. The minimum atomic E-state index is -3.55. The topological polar surface area (TPSA) is 77.1 Å².